The highest BCUT2D eigenvalue weighted by Gasteiger charge is 1.93. The topological polar surface area (TPSA) is 50.2 Å². The monoisotopic (exact) mass is 169 g/mol. The fourth-order valence-electron chi connectivity index (χ4n) is 0.591. The minimum atomic E-state index is -0.946. The van der Waals surface area contributed by atoms with Gasteiger partial charge >= 0.3 is 5.97 Å². The Balaban J connectivity index is 2.71. The van der Waals surface area contributed by atoms with Crippen LogP contribution >= 0.6 is 11.3 Å². The van der Waals surface area contributed by atoms with Gasteiger partial charge in [-0.2, -0.15) is 0 Å². The Hall–Kier alpha value is -1.16. The molecule has 1 rings (SSSR count). The van der Waals surface area contributed by atoms with Crippen molar-refractivity contribution in [1.82, 2.24) is 4.98 Å². The van der Waals surface area contributed by atoms with Gasteiger partial charge in [0.15, 0.2) is 0 Å². The Morgan fingerprint density at radius 3 is 3.00 bits per heavy atom. The van der Waals surface area contributed by atoms with Crippen LogP contribution in [0.1, 0.15) is 10.7 Å². The molecule has 11 heavy (non-hydrogen) atoms. The van der Waals surface area contributed by atoms with Crippen LogP contribution in [-0.2, 0) is 4.79 Å². The molecule has 1 N–H and O–H groups in total. The lowest BCUT2D eigenvalue weighted by Crippen LogP contribution is -1.85. The number of aryl methyl sites for hydroxylation is 1. The fraction of sp³-hybridized carbons (Fsp3) is 0.143. The summed E-state index contributed by atoms with van der Waals surface area (Å²) < 4.78 is 0. The largest absolute Gasteiger partial charge is 0.478 e. The van der Waals surface area contributed by atoms with Gasteiger partial charge in [-0.15, -0.1) is 11.3 Å². The molecule has 0 aliphatic heterocycles. The van der Waals surface area contributed by atoms with Crippen molar-refractivity contribution in [2.75, 3.05) is 0 Å². The predicted molar refractivity (Wildman–Crippen MR) is 43.5 cm³/mol. The highest BCUT2D eigenvalue weighted by Crippen LogP contribution is 2.09. The zero-order valence-corrected chi connectivity index (χ0v) is 6.76. The Morgan fingerprint density at radius 1 is 1.82 bits per heavy atom. The predicted octanol–water partition coefficient (Wildman–Crippen LogP) is 1.55. The van der Waals surface area contributed by atoms with Crippen molar-refractivity contribution in [3.8, 4) is 0 Å². The smallest absolute Gasteiger partial charge is 0.328 e. The highest BCUT2D eigenvalue weighted by atomic mass is 32.1. The number of aliphatic carboxylic acids is 1. The molecule has 0 fully saturated rings. The molecule has 0 saturated heterocycles. The summed E-state index contributed by atoms with van der Waals surface area (Å²) in [5.41, 5.74) is 0.917. The number of hydrogen-bond donors (Lipinski definition) is 1. The minimum Gasteiger partial charge on any atom is -0.478 e. The quantitative estimate of drug-likeness (QED) is 0.683. The van der Waals surface area contributed by atoms with E-state index in [1.54, 1.807) is 0 Å². The first-order valence-corrected chi connectivity index (χ1v) is 3.89. The van der Waals surface area contributed by atoms with Gasteiger partial charge < -0.3 is 5.11 Å². The number of thiazole rings is 1. The third-order valence-electron chi connectivity index (χ3n) is 1.01. The summed E-state index contributed by atoms with van der Waals surface area (Å²) in [5, 5.41) is 10.9. The molecular formula is C7H7NO2S. The van der Waals surface area contributed by atoms with Crippen LogP contribution in [0.3, 0.4) is 0 Å². The molecule has 3 nitrogen and oxygen atoms in total. The second-order valence-electron chi connectivity index (χ2n) is 2.00. The van der Waals surface area contributed by atoms with Crippen molar-refractivity contribution < 1.29 is 9.90 Å². The molecule has 4 heteroatoms. The summed E-state index contributed by atoms with van der Waals surface area (Å²) in [6.45, 7) is 1.87. The van der Waals surface area contributed by atoms with Crippen molar-refractivity contribution in [1.29, 1.82) is 0 Å². The van der Waals surface area contributed by atoms with E-state index in [0.29, 0.717) is 0 Å². The molecule has 0 bridgehead atoms. The van der Waals surface area contributed by atoms with Gasteiger partial charge in [0.2, 0.25) is 0 Å². The molecule has 58 valence electrons. The van der Waals surface area contributed by atoms with E-state index in [0.717, 1.165) is 16.8 Å². The normalized spacial score (nSPS) is 10.6. The summed E-state index contributed by atoms with van der Waals surface area (Å²) in [6, 6.07) is 0. The van der Waals surface area contributed by atoms with Gasteiger partial charge in [0.1, 0.15) is 5.01 Å². The molecule has 0 aromatic carbocycles. The molecular weight excluding hydrogens is 162 g/mol. The summed E-state index contributed by atoms with van der Waals surface area (Å²) >= 11 is 1.43. The molecule has 0 aliphatic carbocycles. The number of hydrogen-bond acceptors (Lipinski definition) is 3. The second-order valence-corrected chi connectivity index (χ2v) is 2.89. The lowest BCUT2D eigenvalue weighted by molar-refractivity contribution is -0.131. The molecule has 0 spiro atoms. The van der Waals surface area contributed by atoms with Crippen LogP contribution in [0.5, 0.6) is 0 Å². The summed E-state index contributed by atoms with van der Waals surface area (Å²) in [4.78, 5) is 14.1. The first-order valence-electron chi connectivity index (χ1n) is 3.01. The average molecular weight is 169 g/mol. The Kier molecular flexibility index (Phi) is 2.38. The number of nitrogens with zero attached hydrogens (tertiary/aromatic N) is 1. The number of rotatable bonds is 2. The van der Waals surface area contributed by atoms with Gasteiger partial charge in [0, 0.05) is 17.2 Å². The maximum atomic E-state index is 10.1. The molecule has 1 aromatic heterocycles. The molecule has 1 aromatic rings. The summed E-state index contributed by atoms with van der Waals surface area (Å²) in [5.74, 6) is -0.946. The fourth-order valence-corrected chi connectivity index (χ4v) is 1.28. The van der Waals surface area contributed by atoms with Crippen LogP contribution in [0.25, 0.3) is 6.08 Å². The third kappa shape index (κ3) is 2.51. The molecule has 1 heterocycles. The van der Waals surface area contributed by atoms with E-state index in [9.17, 15) is 4.79 Å². The summed E-state index contributed by atoms with van der Waals surface area (Å²) in [6.07, 6.45) is 2.57. The average Bonchev–Trinajstić information content (AvgIpc) is 2.31. The Labute approximate surface area is 68.0 Å². The first kappa shape index (κ1) is 7.94. The molecule has 0 radical (unpaired) electrons. The van der Waals surface area contributed by atoms with Gasteiger partial charge in [-0.3, -0.25) is 0 Å². The molecule has 0 saturated carbocycles. The standard InChI is InChI=1S/C7H7NO2S/c1-5-4-11-6(8-5)2-3-7(9)10/h2-4H,1H3,(H,9,10)/b3-2-. The van der Waals surface area contributed by atoms with Gasteiger partial charge in [-0.05, 0) is 13.0 Å². The van der Waals surface area contributed by atoms with Crippen LogP contribution in [0.15, 0.2) is 11.5 Å². The number of carboxylic acid groups (broad SMARTS) is 1. The lowest BCUT2D eigenvalue weighted by Gasteiger charge is -1.79. The zero-order chi connectivity index (χ0) is 8.27. The van der Waals surface area contributed by atoms with E-state index in [-0.39, 0.29) is 0 Å². The number of carbonyl (C=O) groups is 1. The van der Waals surface area contributed by atoms with E-state index in [2.05, 4.69) is 4.98 Å². The van der Waals surface area contributed by atoms with Crippen LogP contribution < -0.4 is 0 Å². The van der Waals surface area contributed by atoms with Gasteiger partial charge in [-0.1, -0.05) is 0 Å². The van der Waals surface area contributed by atoms with E-state index in [1.807, 2.05) is 12.3 Å². The SMILES string of the molecule is Cc1csc(/C=C\C(=O)O)n1. The number of carboxylic acids is 1. The third-order valence-corrected chi connectivity index (χ3v) is 1.93. The van der Waals surface area contributed by atoms with Crippen molar-refractivity contribution >= 4 is 23.4 Å². The molecule has 0 unspecified atom stereocenters. The van der Waals surface area contributed by atoms with Crippen LogP contribution in [0, 0.1) is 6.92 Å². The van der Waals surface area contributed by atoms with E-state index in [1.165, 1.54) is 17.4 Å². The first-order chi connectivity index (χ1) is 5.18. The molecule has 0 atom stereocenters. The Bertz CT molecular complexity index is 290. The van der Waals surface area contributed by atoms with Crippen LogP contribution in [-0.4, -0.2) is 16.1 Å². The summed E-state index contributed by atoms with van der Waals surface area (Å²) in [7, 11) is 0. The van der Waals surface area contributed by atoms with Crippen molar-refractivity contribution in [3.63, 3.8) is 0 Å². The Morgan fingerprint density at radius 2 is 2.55 bits per heavy atom. The van der Waals surface area contributed by atoms with Gasteiger partial charge in [0.25, 0.3) is 0 Å². The van der Waals surface area contributed by atoms with Crippen molar-refractivity contribution in [2.24, 2.45) is 0 Å². The number of aromatic nitrogens is 1. The highest BCUT2D eigenvalue weighted by molar-refractivity contribution is 7.10. The van der Waals surface area contributed by atoms with Crippen LogP contribution in [0.2, 0.25) is 0 Å². The van der Waals surface area contributed by atoms with Crippen molar-refractivity contribution in [3.05, 3.63) is 22.2 Å². The van der Waals surface area contributed by atoms with Crippen molar-refractivity contribution in [2.45, 2.75) is 6.92 Å². The second kappa shape index (κ2) is 3.30. The van der Waals surface area contributed by atoms with Crippen LogP contribution in [0.4, 0.5) is 0 Å². The van der Waals surface area contributed by atoms with E-state index < -0.39 is 5.97 Å². The zero-order valence-electron chi connectivity index (χ0n) is 5.94. The van der Waals surface area contributed by atoms with E-state index >= 15 is 0 Å². The van der Waals surface area contributed by atoms with Gasteiger partial charge in [0.05, 0.1) is 0 Å². The minimum absolute atomic E-state index is 0.727. The molecule has 0 aliphatic rings. The van der Waals surface area contributed by atoms with Gasteiger partial charge in [-0.25, -0.2) is 9.78 Å². The molecule has 0 amide bonds. The lowest BCUT2D eigenvalue weighted by atomic mass is 10.5. The maximum Gasteiger partial charge on any atom is 0.328 e. The maximum absolute atomic E-state index is 10.1. The van der Waals surface area contributed by atoms with E-state index in [4.69, 9.17) is 5.11 Å².